The lowest BCUT2D eigenvalue weighted by atomic mass is 10.0. The topological polar surface area (TPSA) is 155 Å². The second-order valence-corrected chi connectivity index (χ2v) is 9.77. The number of carbonyl (C=O) groups excluding carboxylic acids is 2. The number of carbonyl (C=O) groups is 3. The van der Waals surface area contributed by atoms with E-state index in [4.69, 9.17) is 0 Å². The number of carboxylic acid groups (broad SMARTS) is 1. The average molecular weight is 527 g/mol. The van der Waals surface area contributed by atoms with Crippen molar-refractivity contribution >= 4 is 39.7 Å². The van der Waals surface area contributed by atoms with Crippen molar-refractivity contribution < 1.29 is 32.1 Å². The largest absolute Gasteiger partial charge is 0.480 e. The van der Waals surface area contributed by atoms with Crippen LogP contribution in [0.4, 0.5) is 21.1 Å². The molecule has 0 bridgehead atoms. The predicted octanol–water partition coefficient (Wildman–Crippen LogP) is 3.49. The molecule has 0 saturated carbocycles. The van der Waals surface area contributed by atoms with Crippen LogP contribution in [-0.2, 0) is 25.5 Å². The Bertz CT molecular complexity index is 1360. The highest BCUT2D eigenvalue weighted by Crippen LogP contribution is 2.24. The number of pyridine rings is 1. The van der Waals surface area contributed by atoms with Gasteiger partial charge in [-0.25, -0.2) is 19.4 Å². The third kappa shape index (κ3) is 7.77. The third-order valence-corrected chi connectivity index (χ3v) is 6.40. The summed E-state index contributed by atoms with van der Waals surface area (Å²) in [5.41, 5.74) is 2.79. The highest BCUT2D eigenvalue weighted by molar-refractivity contribution is 7.87. The van der Waals surface area contributed by atoms with Crippen molar-refractivity contribution in [3.63, 3.8) is 0 Å². The molecule has 3 N–H and O–H groups in total. The minimum Gasteiger partial charge on any atom is -0.480 e. The quantitative estimate of drug-likeness (QED) is 0.358. The smallest absolute Gasteiger partial charge is 0.423 e. The number of aromatic nitrogens is 1. The van der Waals surface area contributed by atoms with E-state index in [1.54, 1.807) is 73.9 Å². The number of benzene rings is 2. The van der Waals surface area contributed by atoms with Gasteiger partial charge in [-0.3, -0.25) is 4.90 Å². The normalized spacial score (nSPS) is 11.7. The number of urea groups is 1. The molecular formula is C25H26N4O7S. The molecule has 0 unspecified atom stereocenters. The van der Waals surface area contributed by atoms with E-state index in [-0.39, 0.29) is 12.5 Å². The Morgan fingerprint density at radius 3 is 2.38 bits per heavy atom. The number of amides is 3. The molecule has 0 radical (unpaired) electrons. The molecule has 3 rings (SSSR count). The van der Waals surface area contributed by atoms with E-state index < -0.39 is 34.0 Å². The molecule has 3 aromatic rings. The summed E-state index contributed by atoms with van der Waals surface area (Å²) in [6.45, 7) is 1.29. The molecule has 0 spiro atoms. The van der Waals surface area contributed by atoms with E-state index in [0.717, 1.165) is 11.1 Å². The molecule has 12 heteroatoms. The average Bonchev–Trinajstić information content (AvgIpc) is 2.88. The number of aliphatic carboxylic acids is 1. The fourth-order valence-corrected chi connectivity index (χ4v) is 3.65. The lowest BCUT2D eigenvalue weighted by molar-refractivity contribution is -0.139. The molecule has 3 amide bonds. The summed E-state index contributed by atoms with van der Waals surface area (Å²) in [5, 5.41) is 14.3. The van der Waals surface area contributed by atoms with Crippen LogP contribution < -0.4 is 15.5 Å². The minimum absolute atomic E-state index is 0.0904. The molecular weight excluding hydrogens is 500 g/mol. The maximum atomic E-state index is 12.6. The molecule has 1 heterocycles. The standard InChI is InChI=1S/C25H26N4O7S/c1-3-37(34,35)36-25(33)28-21(23(30)31)15-17-10-12-18(13-11-17)19-7-6-8-20(16-19)27-24(32)29(2)22-9-4-5-14-26-22/h4-14,16,21H,3,15H2,1-2H3,(H,27,32)(H,28,33)(H,30,31)/t21-/m0/s1. The van der Waals surface area contributed by atoms with Crippen molar-refractivity contribution in [2.24, 2.45) is 0 Å². The van der Waals surface area contributed by atoms with Crippen molar-refractivity contribution in [1.82, 2.24) is 10.3 Å². The van der Waals surface area contributed by atoms with Gasteiger partial charge in [-0.15, -0.1) is 0 Å². The number of rotatable bonds is 9. The summed E-state index contributed by atoms with van der Waals surface area (Å²) in [6, 6.07) is 17.7. The molecule has 11 nitrogen and oxygen atoms in total. The van der Waals surface area contributed by atoms with Crippen LogP contribution in [0.2, 0.25) is 0 Å². The van der Waals surface area contributed by atoms with E-state index in [9.17, 15) is 27.9 Å². The van der Waals surface area contributed by atoms with Crippen molar-refractivity contribution in [2.75, 3.05) is 23.0 Å². The Morgan fingerprint density at radius 1 is 1.03 bits per heavy atom. The van der Waals surface area contributed by atoms with E-state index >= 15 is 0 Å². The molecule has 194 valence electrons. The van der Waals surface area contributed by atoms with Crippen molar-refractivity contribution in [3.8, 4) is 11.1 Å². The van der Waals surface area contributed by atoms with Crippen LogP contribution in [0.15, 0.2) is 72.9 Å². The Kier molecular flexibility index (Phi) is 8.80. The first-order chi connectivity index (χ1) is 17.6. The van der Waals surface area contributed by atoms with E-state index in [2.05, 4.69) is 19.8 Å². The van der Waals surface area contributed by atoms with Crippen LogP contribution in [0.5, 0.6) is 0 Å². The predicted molar refractivity (Wildman–Crippen MR) is 138 cm³/mol. The molecule has 1 aromatic heterocycles. The number of hydrogen-bond acceptors (Lipinski definition) is 7. The minimum atomic E-state index is -4.07. The van der Waals surface area contributed by atoms with Crippen molar-refractivity contribution in [3.05, 3.63) is 78.5 Å². The Labute approximate surface area is 214 Å². The molecule has 37 heavy (non-hydrogen) atoms. The lowest BCUT2D eigenvalue weighted by Crippen LogP contribution is -2.43. The van der Waals surface area contributed by atoms with Gasteiger partial charge in [0.15, 0.2) is 0 Å². The van der Waals surface area contributed by atoms with Gasteiger partial charge >= 0.3 is 28.2 Å². The lowest BCUT2D eigenvalue weighted by Gasteiger charge is -2.17. The van der Waals surface area contributed by atoms with Crippen molar-refractivity contribution in [1.29, 1.82) is 0 Å². The maximum Gasteiger partial charge on any atom is 0.423 e. The summed E-state index contributed by atoms with van der Waals surface area (Å²) < 4.78 is 27.1. The highest BCUT2D eigenvalue weighted by Gasteiger charge is 2.24. The van der Waals surface area contributed by atoms with Crippen LogP contribution in [0.25, 0.3) is 11.1 Å². The zero-order valence-electron chi connectivity index (χ0n) is 20.1. The van der Waals surface area contributed by atoms with Crippen molar-refractivity contribution in [2.45, 2.75) is 19.4 Å². The first kappa shape index (κ1) is 27.1. The van der Waals surface area contributed by atoms with E-state index in [1.807, 2.05) is 6.07 Å². The van der Waals surface area contributed by atoms with Crippen LogP contribution >= 0.6 is 0 Å². The van der Waals surface area contributed by atoms with Crippen LogP contribution in [0, 0.1) is 0 Å². The van der Waals surface area contributed by atoms with Gasteiger partial charge in [-0.05, 0) is 47.9 Å². The highest BCUT2D eigenvalue weighted by atomic mass is 32.2. The molecule has 2 aromatic carbocycles. The van der Waals surface area contributed by atoms with E-state index in [1.165, 1.54) is 11.8 Å². The van der Waals surface area contributed by atoms with E-state index in [0.29, 0.717) is 17.1 Å². The molecule has 0 aliphatic rings. The van der Waals surface area contributed by atoms with Gasteiger partial charge in [0.2, 0.25) is 0 Å². The summed E-state index contributed by atoms with van der Waals surface area (Å²) in [5.74, 6) is -1.26. The second kappa shape index (κ2) is 12.0. The number of hydrogen-bond donors (Lipinski definition) is 3. The van der Waals surface area contributed by atoms with Crippen LogP contribution in [0.1, 0.15) is 12.5 Å². The Balaban J connectivity index is 1.67. The molecule has 0 aliphatic heterocycles. The summed E-state index contributed by atoms with van der Waals surface area (Å²) in [7, 11) is -2.45. The number of anilines is 2. The third-order valence-electron chi connectivity index (χ3n) is 5.28. The number of carboxylic acids is 1. The number of nitrogens with one attached hydrogen (secondary N) is 2. The molecule has 0 fully saturated rings. The van der Waals surface area contributed by atoms with Gasteiger partial charge in [-0.2, -0.15) is 8.42 Å². The van der Waals surface area contributed by atoms with Gasteiger partial charge in [0.25, 0.3) is 0 Å². The zero-order valence-corrected chi connectivity index (χ0v) is 20.9. The number of nitrogens with zero attached hydrogens (tertiary/aromatic N) is 2. The van der Waals surface area contributed by atoms with Gasteiger partial charge in [0.1, 0.15) is 11.9 Å². The Hall–Kier alpha value is -4.45. The molecule has 1 atom stereocenters. The second-order valence-electron chi connectivity index (χ2n) is 7.91. The van der Waals surface area contributed by atoms with Crippen LogP contribution in [-0.4, -0.2) is 55.4 Å². The van der Waals surface area contributed by atoms with Gasteiger partial charge < -0.3 is 19.9 Å². The molecule has 0 saturated heterocycles. The SMILES string of the molecule is CCS(=O)(=O)OC(=O)N[C@@H](Cc1ccc(-c2cccc(NC(=O)N(C)c3ccccn3)c2)cc1)C(=O)O. The first-order valence-electron chi connectivity index (χ1n) is 11.2. The molecule has 0 aliphatic carbocycles. The monoisotopic (exact) mass is 526 g/mol. The van der Waals surface area contributed by atoms with Crippen LogP contribution in [0.3, 0.4) is 0 Å². The maximum absolute atomic E-state index is 12.6. The van der Waals surface area contributed by atoms with Gasteiger partial charge in [-0.1, -0.05) is 42.5 Å². The fourth-order valence-electron chi connectivity index (χ4n) is 3.25. The summed E-state index contributed by atoms with van der Waals surface area (Å²) >= 11 is 0. The zero-order chi connectivity index (χ0) is 27.0. The van der Waals surface area contributed by atoms with Gasteiger partial charge in [0, 0.05) is 25.4 Å². The Morgan fingerprint density at radius 2 is 1.76 bits per heavy atom. The summed E-state index contributed by atoms with van der Waals surface area (Å²) in [4.78, 5) is 41.5. The summed E-state index contributed by atoms with van der Waals surface area (Å²) in [6.07, 6.45) is 0.159. The first-order valence-corrected chi connectivity index (χ1v) is 12.8. The fraction of sp³-hybridized carbons (Fsp3) is 0.200. The van der Waals surface area contributed by atoms with Gasteiger partial charge in [0.05, 0.1) is 5.75 Å².